The van der Waals surface area contributed by atoms with E-state index >= 15 is 0 Å². The zero-order chi connectivity index (χ0) is 19.6. The molecule has 5 nitrogen and oxygen atoms in total. The standard InChI is InChI=1S/C22H24N2O3/c1-4-13-27-21-17(7-6-8-20(21)26-5-2)14-18(15-23)22(25)24-19-11-9-16(3)10-12-19/h6-12,14H,4-5,13H2,1-3H3,(H,24,25)/b18-14+. The highest BCUT2D eigenvalue weighted by atomic mass is 16.5. The summed E-state index contributed by atoms with van der Waals surface area (Å²) in [6.45, 7) is 6.88. The molecule has 1 amide bonds. The SMILES string of the molecule is CCCOc1c(/C=C(\C#N)C(=O)Nc2ccc(C)cc2)cccc1OCC. The molecule has 0 atom stereocenters. The Morgan fingerprint density at radius 3 is 2.52 bits per heavy atom. The molecule has 0 fully saturated rings. The van der Waals surface area contributed by atoms with Crippen LogP contribution in [0.4, 0.5) is 5.69 Å². The third kappa shape index (κ3) is 5.61. The molecule has 140 valence electrons. The number of aryl methyl sites for hydroxylation is 1. The number of carbonyl (C=O) groups is 1. The maximum atomic E-state index is 12.5. The number of hydrogen-bond donors (Lipinski definition) is 1. The van der Waals surface area contributed by atoms with Gasteiger partial charge in [0.1, 0.15) is 11.6 Å². The monoisotopic (exact) mass is 364 g/mol. The van der Waals surface area contributed by atoms with E-state index in [1.165, 1.54) is 6.08 Å². The van der Waals surface area contributed by atoms with E-state index in [0.717, 1.165) is 12.0 Å². The Hall–Kier alpha value is -3.26. The minimum atomic E-state index is -0.468. The van der Waals surface area contributed by atoms with E-state index in [2.05, 4.69) is 5.32 Å². The summed E-state index contributed by atoms with van der Waals surface area (Å²) in [5, 5.41) is 12.2. The van der Waals surface area contributed by atoms with Gasteiger partial charge in [0.05, 0.1) is 13.2 Å². The predicted molar refractivity (Wildman–Crippen MR) is 107 cm³/mol. The van der Waals surface area contributed by atoms with Crippen LogP contribution in [0.15, 0.2) is 48.0 Å². The van der Waals surface area contributed by atoms with Crippen LogP contribution < -0.4 is 14.8 Å². The van der Waals surface area contributed by atoms with Crippen molar-refractivity contribution in [3.8, 4) is 17.6 Å². The Morgan fingerprint density at radius 1 is 1.15 bits per heavy atom. The molecule has 0 heterocycles. The average Bonchev–Trinajstić information content (AvgIpc) is 2.67. The van der Waals surface area contributed by atoms with Gasteiger partial charge < -0.3 is 14.8 Å². The molecule has 0 aliphatic rings. The van der Waals surface area contributed by atoms with Crippen molar-refractivity contribution in [2.45, 2.75) is 27.2 Å². The zero-order valence-electron chi connectivity index (χ0n) is 15.9. The normalized spacial score (nSPS) is 10.8. The second-order valence-corrected chi connectivity index (χ2v) is 5.95. The Kier molecular flexibility index (Phi) is 7.45. The van der Waals surface area contributed by atoms with Crippen LogP contribution in [0.1, 0.15) is 31.4 Å². The number of amides is 1. The van der Waals surface area contributed by atoms with Crippen LogP contribution >= 0.6 is 0 Å². The fourth-order valence-electron chi connectivity index (χ4n) is 2.41. The number of rotatable bonds is 8. The van der Waals surface area contributed by atoms with E-state index in [1.807, 2.05) is 51.1 Å². The van der Waals surface area contributed by atoms with Crippen molar-refractivity contribution >= 4 is 17.7 Å². The molecule has 0 saturated carbocycles. The van der Waals surface area contributed by atoms with Gasteiger partial charge in [0.15, 0.2) is 11.5 Å². The lowest BCUT2D eigenvalue weighted by atomic mass is 10.1. The quantitative estimate of drug-likeness (QED) is 0.543. The Morgan fingerprint density at radius 2 is 1.89 bits per heavy atom. The summed E-state index contributed by atoms with van der Waals surface area (Å²) in [4.78, 5) is 12.5. The largest absolute Gasteiger partial charge is 0.490 e. The lowest BCUT2D eigenvalue weighted by Gasteiger charge is -2.14. The molecule has 0 bridgehead atoms. The summed E-state index contributed by atoms with van der Waals surface area (Å²) in [5.74, 6) is 0.664. The van der Waals surface area contributed by atoms with Crippen LogP contribution in [-0.4, -0.2) is 19.1 Å². The molecule has 0 unspecified atom stereocenters. The topological polar surface area (TPSA) is 71.3 Å². The summed E-state index contributed by atoms with van der Waals surface area (Å²) in [5.41, 5.74) is 2.35. The lowest BCUT2D eigenvalue weighted by molar-refractivity contribution is -0.112. The Balaban J connectivity index is 2.32. The Labute approximate surface area is 160 Å². The first-order valence-corrected chi connectivity index (χ1v) is 8.97. The molecule has 0 aliphatic carbocycles. The number of hydrogen-bond acceptors (Lipinski definition) is 4. The molecule has 0 radical (unpaired) electrons. The molecule has 0 saturated heterocycles. The fraction of sp³-hybridized carbons (Fsp3) is 0.273. The molecule has 27 heavy (non-hydrogen) atoms. The van der Waals surface area contributed by atoms with Crippen molar-refractivity contribution in [2.75, 3.05) is 18.5 Å². The Bertz CT molecular complexity index is 849. The van der Waals surface area contributed by atoms with Crippen LogP contribution in [-0.2, 0) is 4.79 Å². The average molecular weight is 364 g/mol. The first-order valence-electron chi connectivity index (χ1n) is 8.97. The van der Waals surface area contributed by atoms with Gasteiger partial charge in [-0.1, -0.05) is 36.8 Å². The summed E-state index contributed by atoms with van der Waals surface area (Å²) in [6.07, 6.45) is 2.36. The highest BCUT2D eigenvalue weighted by Gasteiger charge is 2.14. The predicted octanol–water partition coefficient (Wildman–Crippen LogP) is 4.73. The van der Waals surface area contributed by atoms with E-state index < -0.39 is 5.91 Å². The third-order valence-corrected chi connectivity index (χ3v) is 3.73. The molecule has 2 aromatic rings. The van der Waals surface area contributed by atoms with Gasteiger partial charge in [-0.25, -0.2) is 0 Å². The van der Waals surface area contributed by atoms with Gasteiger partial charge >= 0.3 is 0 Å². The van der Waals surface area contributed by atoms with Crippen LogP contribution in [0.25, 0.3) is 6.08 Å². The molecular weight excluding hydrogens is 340 g/mol. The first-order chi connectivity index (χ1) is 13.1. The number of ether oxygens (including phenoxy) is 2. The molecular formula is C22H24N2O3. The van der Waals surface area contributed by atoms with Crippen LogP contribution in [0, 0.1) is 18.3 Å². The van der Waals surface area contributed by atoms with Gasteiger partial charge in [0, 0.05) is 11.3 Å². The zero-order valence-corrected chi connectivity index (χ0v) is 15.9. The summed E-state index contributed by atoms with van der Waals surface area (Å²) in [7, 11) is 0. The number of nitrogens with zero attached hydrogens (tertiary/aromatic N) is 1. The highest BCUT2D eigenvalue weighted by Crippen LogP contribution is 2.33. The van der Waals surface area contributed by atoms with E-state index in [-0.39, 0.29) is 5.57 Å². The van der Waals surface area contributed by atoms with E-state index in [4.69, 9.17) is 9.47 Å². The van der Waals surface area contributed by atoms with Crippen molar-refractivity contribution in [1.82, 2.24) is 0 Å². The first kappa shape index (κ1) is 20.1. The van der Waals surface area contributed by atoms with Crippen molar-refractivity contribution in [3.63, 3.8) is 0 Å². The number of benzene rings is 2. The van der Waals surface area contributed by atoms with Crippen molar-refractivity contribution < 1.29 is 14.3 Å². The van der Waals surface area contributed by atoms with Crippen LogP contribution in [0.2, 0.25) is 0 Å². The number of carbonyl (C=O) groups excluding carboxylic acids is 1. The van der Waals surface area contributed by atoms with Gasteiger partial charge in [-0.15, -0.1) is 0 Å². The summed E-state index contributed by atoms with van der Waals surface area (Å²) < 4.78 is 11.4. The maximum Gasteiger partial charge on any atom is 0.266 e. The minimum absolute atomic E-state index is 0.00873. The van der Waals surface area contributed by atoms with Gasteiger partial charge in [0.25, 0.3) is 5.91 Å². The van der Waals surface area contributed by atoms with Crippen molar-refractivity contribution in [2.24, 2.45) is 0 Å². The van der Waals surface area contributed by atoms with Crippen molar-refractivity contribution in [3.05, 3.63) is 59.2 Å². The molecule has 2 aromatic carbocycles. The van der Waals surface area contributed by atoms with E-state index in [9.17, 15) is 10.1 Å². The molecule has 0 aliphatic heterocycles. The third-order valence-electron chi connectivity index (χ3n) is 3.73. The highest BCUT2D eigenvalue weighted by molar-refractivity contribution is 6.09. The van der Waals surface area contributed by atoms with Crippen molar-refractivity contribution in [1.29, 1.82) is 5.26 Å². The van der Waals surface area contributed by atoms with Crippen LogP contribution in [0.3, 0.4) is 0 Å². The van der Waals surface area contributed by atoms with E-state index in [0.29, 0.717) is 36.0 Å². The molecule has 0 aromatic heterocycles. The second-order valence-electron chi connectivity index (χ2n) is 5.95. The fourth-order valence-corrected chi connectivity index (χ4v) is 2.41. The second kappa shape index (κ2) is 10.0. The lowest BCUT2D eigenvalue weighted by Crippen LogP contribution is -2.13. The van der Waals surface area contributed by atoms with Gasteiger partial charge in [-0.2, -0.15) is 5.26 Å². The number of anilines is 1. The molecule has 0 spiro atoms. The number of nitriles is 1. The van der Waals surface area contributed by atoms with E-state index in [1.54, 1.807) is 18.2 Å². The number of nitrogens with one attached hydrogen (secondary N) is 1. The maximum absolute atomic E-state index is 12.5. The summed E-state index contributed by atoms with van der Waals surface area (Å²) in [6, 6.07) is 14.8. The minimum Gasteiger partial charge on any atom is -0.490 e. The summed E-state index contributed by atoms with van der Waals surface area (Å²) >= 11 is 0. The molecule has 2 rings (SSSR count). The van der Waals surface area contributed by atoms with Gasteiger partial charge in [0.2, 0.25) is 0 Å². The molecule has 5 heteroatoms. The van der Waals surface area contributed by atoms with Gasteiger partial charge in [-0.05, 0) is 44.5 Å². The molecule has 1 N–H and O–H groups in total. The van der Waals surface area contributed by atoms with Crippen LogP contribution in [0.5, 0.6) is 11.5 Å². The number of para-hydroxylation sites is 1. The smallest absolute Gasteiger partial charge is 0.266 e. The van der Waals surface area contributed by atoms with Gasteiger partial charge in [-0.3, -0.25) is 4.79 Å².